The molecule has 0 spiro atoms. The Morgan fingerprint density at radius 2 is 1.85 bits per heavy atom. The van der Waals surface area contributed by atoms with Crippen molar-refractivity contribution in [3.8, 4) is 17.2 Å². The third-order valence-corrected chi connectivity index (χ3v) is 5.40. The van der Waals surface area contributed by atoms with E-state index in [0.717, 1.165) is 11.0 Å². The van der Waals surface area contributed by atoms with E-state index in [1.54, 1.807) is 31.2 Å². The van der Waals surface area contributed by atoms with E-state index in [2.05, 4.69) is 5.32 Å². The van der Waals surface area contributed by atoms with Gasteiger partial charge in [-0.2, -0.15) is 0 Å². The first-order valence-corrected chi connectivity index (χ1v) is 11.0. The van der Waals surface area contributed by atoms with E-state index in [1.165, 1.54) is 12.1 Å². The molecule has 0 bridgehead atoms. The Morgan fingerprint density at radius 1 is 1.18 bits per heavy atom. The second-order valence-electron chi connectivity index (χ2n) is 6.85. The largest absolute Gasteiger partial charge is 0.500 e. The van der Waals surface area contributed by atoms with Gasteiger partial charge < -0.3 is 19.9 Å². The molecule has 12 heteroatoms. The lowest BCUT2D eigenvalue weighted by molar-refractivity contribution is -0.386. The van der Waals surface area contributed by atoms with Gasteiger partial charge in [0.1, 0.15) is 12.3 Å². The molecule has 178 valence electrons. The van der Waals surface area contributed by atoms with Gasteiger partial charge in [0.05, 0.1) is 23.0 Å². The number of aromatic hydroxyl groups is 1. The molecular formula is C22H21N3O8S. The standard InChI is InChI=1S/C22H21N3O8S/c1-3-32-15-7-5-14(6-8-15)23-19(26)12-24-21(28)18(34-22(24)29)11-13-9-16(25(30)31)20(27)17(10-13)33-4-2/h5-11,27H,3-4,12H2,1-2H3,(H,23,26)/b18-11+. The van der Waals surface area contributed by atoms with Crippen molar-refractivity contribution in [3.63, 3.8) is 0 Å². The van der Waals surface area contributed by atoms with Gasteiger partial charge in [0.2, 0.25) is 11.7 Å². The lowest BCUT2D eigenvalue weighted by atomic mass is 10.1. The van der Waals surface area contributed by atoms with Gasteiger partial charge in [-0.15, -0.1) is 0 Å². The molecule has 1 heterocycles. The van der Waals surface area contributed by atoms with Crippen LogP contribution >= 0.6 is 11.8 Å². The van der Waals surface area contributed by atoms with Crippen molar-refractivity contribution in [3.05, 3.63) is 57.0 Å². The van der Waals surface area contributed by atoms with Gasteiger partial charge in [-0.05, 0) is 67.6 Å². The van der Waals surface area contributed by atoms with Crippen molar-refractivity contribution >= 4 is 46.3 Å². The van der Waals surface area contributed by atoms with Gasteiger partial charge in [-0.3, -0.25) is 29.4 Å². The summed E-state index contributed by atoms with van der Waals surface area (Å²) >= 11 is 0.599. The van der Waals surface area contributed by atoms with E-state index in [0.29, 0.717) is 29.8 Å². The lowest BCUT2D eigenvalue weighted by Gasteiger charge is -2.13. The molecule has 34 heavy (non-hydrogen) atoms. The maximum Gasteiger partial charge on any atom is 0.315 e. The number of nitro groups is 1. The molecule has 0 aromatic heterocycles. The van der Waals surface area contributed by atoms with Gasteiger partial charge in [-0.1, -0.05) is 0 Å². The molecule has 0 saturated carbocycles. The van der Waals surface area contributed by atoms with Gasteiger partial charge >= 0.3 is 5.69 Å². The smallest absolute Gasteiger partial charge is 0.315 e. The van der Waals surface area contributed by atoms with Crippen LogP contribution in [0.5, 0.6) is 17.2 Å². The van der Waals surface area contributed by atoms with Crippen LogP contribution in [0.25, 0.3) is 6.08 Å². The van der Waals surface area contributed by atoms with Crippen LogP contribution < -0.4 is 14.8 Å². The highest BCUT2D eigenvalue weighted by Gasteiger charge is 2.36. The summed E-state index contributed by atoms with van der Waals surface area (Å²) in [7, 11) is 0. The second-order valence-corrected chi connectivity index (χ2v) is 7.84. The summed E-state index contributed by atoms with van der Waals surface area (Å²) in [5.41, 5.74) is 0.0410. The normalized spacial score (nSPS) is 14.4. The number of thioether (sulfide) groups is 1. The Kier molecular flexibility index (Phi) is 7.74. The zero-order valence-electron chi connectivity index (χ0n) is 18.3. The number of phenolic OH excluding ortho intramolecular Hbond substituents is 1. The average Bonchev–Trinajstić information content (AvgIpc) is 3.04. The highest BCUT2D eigenvalue weighted by molar-refractivity contribution is 8.18. The fourth-order valence-corrected chi connectivity index (χ4v) is 3.87. The number of carbonyl (C=O) groups is 3. The fourth-order valence-electron chi connectivity index (χ4n) is 3.03. The maximum absolute atomic E-state index is 12.7. The number of anilines is 1. The summed E-state index contributed by atoms with van der Waals surface area (Å²) in [5.74, 6) is -1.42. The third-order valence-electron chi connectivity index (χ3n) is 4.50. The molecule has 0 unspecified atom stereocenters. The summed E-state index contributed by atoms with van der Waals surface area (Å²) in [6.45, 7) is 3.63. The first kappa shape index (κ1) is 24.6. The summed E-state index contributed by atoms with van der Waals surface area (Å²) in [6.07, 6.45) is 1.27. The number of nitro benzene ring substituents is 1. The van der Waals surface area contributed by atoms with Crippen LogP contribution in [0.3, 0.4) is 0 Å². The number of hydrogen-bond donors (Lipinski definition) is 2. The number of phenols is 1. The first-order chi connectivity index (χ1) is 16.2. The zero-order chi connectivity index (χ0) is 24.8. The van der Waals surface area contributed by atoms with E-state index >= 15 is 0 Å². The molecule has 2 N–H and O–H groups in total. The molecule has 0 aliphatic carbocycles. The first-order valence-electron chi connectivity index (χ1n) is 10.2. The molecule has 2 aromatic rings. The van der Waals surface area contributed by atoms with Crippen molar-refractivity contribution in [2.24, 2.45) is 0 Å². The lowest BCUT2D eigenvalue weighted by Crippen LogP contribution is -2.36. The molecule has 3 amide bonds. The van der Waals surface area contributed by atoms with E-state index in [4.69, 9.17) is 9.47 Å². The van der Waals surface area contributed by atoms with Crippen molar-refractivity contribution in [2.45, 2.75) is 13.8 Å². The molecule has 1 fully saturated rings. The van der Waals surface area contributed by atoms with E-state index in [1.807, 2.05) is 6.92 Å². The van der Waals surface area contributed by atoms with Crippen LogP contribution in [0, 0.1) is 10.1 Å². The highest BCUT2D eigenvalue weighted by atomic mass is 32.2. The minimum atomic E-state index is -0.786. The average molecular weight is 487 g/mol. The summed E-state index contributed by atoms with van der Waals surface area (Å²) in [5, 5.41) is 23.2. The quantitative estimate of drug-likeness (QED) is 0.306. The molecule has 0 radical (unpaired) electrons. The van der Waals surface area contributed by atoms with Gasteiger partial charge in [0.15, 0.2) is 5.75 Å². The molecule has 2 aromatic carbocycles. The Balaban J connectivity index is 1.75. The monoisotopic (exact) mass is 487 g/mol. The van der Waals surface area contributed by atoms with Crippen molar-refractivity contribution in [1.29, 1.82) is 0 Å². The minimum Gasteiger partial charge on any atom is -0.500 e. The minimum absolute atomic E-state index is 0.0266. The summed E-state index contributed by atoms with van der Waals surface area (Å²) in [4.78, 5) is 48.7. The maximum atomic E-state index is 12.7. The Morgan fingerprint density at radius 3 is 2.47 bits per heavy atom. The third kappa shape index (κ3) is 5.64. The zero-order valence-corrected chi connectivity index (χ0v) is 19.1. The molecule has 1 aliphatic rings. The van der Waals surface area contributed by atoms with E-state index in [9.17, 15) is 29.6 Å². The predicted octanol–water partition coefficient (Wildman–Crippen LogP) is 3.77. The van der Waals surface area contributed by atoms with Gasteiger partial charge in [0.25, 0.3) is 11.1 Å². The topological polar surface area (TPSA) is 148 Å². The number of benzene rings is 2. The molecular weight excluding hydrogens is 466 g/mol. The number of hydrogen-bond acceptors (Lipinski definition) is 9. The molecule has 3 rings (SSSR count). The van der Waals surface area contributed by atoms with E-state index in [-0.39, 0.29) is 22.8 Å². The van der Waals surface area contributed by atoms with Crippen LogP contribution in [0.1, 0.15) is 19.4 Å². The molecule has 1 aliphatic heterocycles. The van der Waals surface area contributed by atoms with E-state index < -0.39 is 40.0 Å². The van der Waals surface area contributed by atoms with Crippen molar-refractivity contribution in [2.75, 3.05) is 25.1 Å². The number of nitrogens with zero attached hydrogens (tertiary/aromatic N) is 2. The van der Waals surface area contributed by atoms with Crippen LogP contribution in [-0.2, 0) is 9.59 Å². The molecule has 0 atom stereocenters. The van der Waals surface area contributed by atoms with Gasteiger partial charge in [-0.25, -0.2) is 0 Å². The van der Waals surface area contributed by atoms with Crippen LogP contribution in [0.15, 0.2) is 41.3 Å². The molecule has 11 nitrogen and oxygen atoms in total. The number of carbonyl (C=O) groups excluding carboxylic acids is 3. The summed E-state index contributed by atoms with van der Waals surface area (Å²) in [6, 6.07) is 8.99. The fraction of sp³-hybridized carbons (Fsp3) is 0.227. The highest BCUT2D eigenvalue weighted by Crippen LogP contribution is 2.39. The Labute approximate surface area is 198 Å². The summed E-state index contributed by atoms with van der Waals surface area (Å²) < 4.78 is 10.5. The predicted molar refractivity (Wildman–Crippen MR) is 125 cm³/mol. The van der Waals surface area contributed by atoms with Crippen molar-refractivity contribution in [1.82, 2.24) is 4.90 Å². The Hall–Kier alpha value is -4.06. The Bertz CT molecular complexity index is 1160. The number of amides is 3. The van der Waals surface area contributed by atoms with Crippen LogP contribution in [0.4, 0.5) is 16.2 Å². The van der Waals surface area contributed by atoms with Crippen LogP contribution in [-0.4, -0.2) is 51.7 Å². The number of rotatable bonds is 9. The number of ether oxygens (including phenoxy) is 2. The molecule has 1 saturated heterocycles. The number of imide groups is 1. The SMILES string of the molecule is CCOc1ccc(NC(=O)CN2C(=O)S/C(=C/c3cc(OCC)c(O)c([N+](=O)[O-])c3)C2=O)cc1. The number of nitrogens with one attached hydrogen (secondary N) is 1. The van der Waals surface area contributed by atoms with Gasteiger partial charge in [0, 0.05) is 11.8 Å². The second kappa shape index (κ2) is 10.7. The van der Waals surface area contributed by atoms with Crippen LogP contribution in [0.2, 0.25) is 0 Å². The van der Waals surface area contributed by atoms with Crippen molar-refractivity contribution < 1.29 is 33.9 Å².